The summed E-state index contributed by atoms with van der Waals surface area (Å²) in [6.45, 7) is 4.15. The number of pyridine rings is 1. The lowest BCUT2D eigenvalue weighted by Gasteiger charge is -2.16. The first-order valence-corrected chi connectivity index (χ1v) is 8.94. The molecule has 26 heavy (non-hydrogen) atoms. The van der Waals surface area contributed by atoms with Crippen molar-refractivity contribution in [2.75, 3.05) is 5.32 Å². The molecule has 2 heterocycles. The Hall–Kier alpha value is -2.53. The van der Waals surface area contributed by atoms with Crippen molar-refractivity contribution in [3.05, 3.63) is 64.3 Å². The maximum Gasteiger partial charge on any atom is 0.164 e. The zero-order chi connectivity index (χ0) is 18.3. The minimum absolute atomic E-state index is 0.314. The van der Waals surface area contributed by atoms with Crippen LogP contribution in [0.15, 0.2) is 36.7 Å². The van der Waals surface area contributed by atoms with Gasteiger partial charge in [-0.2, -0.15) is 0 Å². The van der Waals surface area contributed by atoms with Crippen LogP contribution in [0.3, 0.4) is 0 Å². The first-order valence-electron chi connectivity index (χ1n) is 8.57. The maximum absolute atomic E-state index is 14.3. The van der Waals surface area contributed by atoms with Crippen molar-refractivity contribution in [2.24, 2.45) is 0 Å². The number of aromatic nitrogens is 3. The molecule has 1 N–H and O–H groups in total. The van der Waals surface area contributed by atoms with Gasteiger partial charge in [0.2, 0.25) is 0 Å². The summed E-state index contributed by atoms with van der Waals surface area (Å²) in [5.74, 6) is 1.05. The minimum Gasteiger partial charge on any atom is -0.340 e. The predicted octanol–water partition coefficient (Wildman–Crippen LogP) is 5.43. The molecular weight excluding hydrogens is 351 g/mol. The van der Waals surface area contributed by atoms with Gasteiger partial charge in [0.1, 0.15) is 11.6 Å². The summed E-state index contributed by atoms with van der Waals surface area (Å²) < 4.78 is 14.3. The molecule has 1 atom stereocenters. The number of hydrogen-bond donors (Lipinski definition) is 1. The Morgan fingerprint density at radius 3 is 2.88 bits per heavy atom. The summed E-state index contributed by atoms with van der Waals surface area (Å²) in [6, 6.07) is 6.34. The van der Waals surface area contributed by atoms with Crippen LogP contribution in [0.4, 0.5) is 15.9 Å². The Morgan fingerprint density at radius 2 is 2.08 bits per heavy atom. The molecule has 0 aliphatic heterocycles. The lowest BCUT2D eigenvalue weighted by molar-refractivity contribution is 0.630. The van der Waals surface area contributed by atoms with Crippen molar-refractivity contribution < 1.29 is 4.39 Å². The molecule has 0 spiro atoms. The zero-order valence-corrected chi connectivity index (χ0v) is 15.3. The third-order valence-corrected chi connectivity index (χ3v) is 5.01. The van der Waals surface area contributed by atoms with Crippen molar-refractivity contribution >= 4 is 23.1 Å². The second-order valence-electron chi connectivity index (χ2n) is 6.64. The van der Waals surface area contributed by atoms with Gasteiger partial charge in [-0.15, -0.1) is 0 Å². The van der Waals surface area contributed by atoms with E-state index >= 15 is 0 Å². The van der Waals surface area contributed by atoms with Crippen LogP contribution in [0, 0.1) is 12.7 Å². The number of hydrogen-bond acceptors (Lipinski definition) is 4. The van der Waals surface area contributed by atoms with Crippen LogP contribution in [-0.2, 0) is 6.42 Å². The first kappa shape index (κ1) is 16.9. The third-order valence-electron chi connectivity index (χ3n) is 4.77. The molecule has 0 fully saturated rings. The number of halogens is 2. The lowest BCUT2D eigenvalue weighted by Crippen LogP contribution is -2.06. The van der Waals surface area contributed by atoms with Gasteiger partial charge in [-0.25, -0.2) is 14.4 Å². The van der Waals surface area contributed by atoms with E-state index < -0.39 is 0 Å². The molecule has 0 saturated carbocycles. The van der Waals surface area contributed by atoms with Gasteiger partial charge in [0.05, 0.1) is 11.3 Å². The zero-order valence-electron chi connectivity index (χ0n) is 14.6. The Labute approximate surface area is 156 Å². The fourth-order valence-corrected chi connectivity index (χ4v) is 3.52. The smallest absolute Gasteiger partial charge is 0.164 e. The van der Waals surface area contributed by atoms with E-state index in [4.69, 9.17) is 11.6 Å². The van der Waals surface area contributed by atoms with Gasteiger partial charge in [0, 0.05) is 28.7 Å². The van der Waals surface area contributed by atoms with Crippen LogP contribution < -0.4 is 5.32 Å². The van der Waals surface area contributed by atoms with E-state index in [0.717, 1.165) is 41.2 Å². The van der Waals surface area contributed by atoms with Gasteiger partial charge in [0.15, 0.2) is 5.82 Å². The van der Waals surface area contributed by atoms with E-state index in [2.05, 4.69) is 27.2 Å². The highest BCUT2D eigenvalue weighted by atomic mass is 35.5. The second-order valence-corrected chi connectivity index (χ2v) is 7.07. The normalized spacial score (nSPS) is 15.8. The summed E-state index contributed by atoms with van der Waals surface area (Å²) in [5.41, 5.74) is 4.33. The highest BCUT2D eigenvalue weighted by Gasteiger charge is 2.26. The quantitative estimate of drug-likeness (QED) is 0.669. The van der Waals surface area contributed by atoms with E-state index in [9.17, 15) is 4.39 Å². The molecule has 0 amide bonds. The van der Waals surface area contributed by atoms with Gasteiger partial charge in [-0.1, -0.05) is 18.5 Å². The Morgan fingerprint density at radius 1 is 1.23 bits per heavy atom. The summed E-state index contributed by atoms with van der Waals surface area (Å²) in [5, 5.41) is 3.86. The number of nitrogens with one attached hydrogen (secondary N) is 1. The summed E-state index contributed by atoms with van der Waals surface area (Å²) in [7, 11) is 0. The fraction of sp³-hybridized carbons (Fsp3) is 0.250. The number of nitrogens with zero attached hydrogens (tertiary/aromatic N) is 3. The van der Waals surface area contributed by atoms with Crippen LogP contribution in [-0.4, -0.2) is 15.0 Å². The molecule has 4 nitrogen and oxygen atoms in total. The average molecular weight is 369 g/mol. The fourth-order valence-electron chi connectivity index (χ4n) is 3.35. The summed E-state index contributed by atoms with van der Waals surface area (Å²) >= 11 is 6.05. The van der Waals surface area contributed by atoms with Crippen LogP contribution >= 0.6 is 11.6 Å². The van der Waals surface area contributed by atoms with Crippen LogP contribution in [0.2, 0.25) is 5.02 Å². The number of benzene rings is 1. The Balaban J connectivity index is 1.86. The van der Waals surface area contributed by atoms with E-state index in [1.807, 2.05) is 13.0 Å². The minimum atomic E-state index is -0.383. The van der Waals surface area contributed by atoms with Crippen molar-refractivity contribution in [3.8, 4) is 11.4 Å². The van der Waals surface area contributed by atoms with Crippen molar-refractivity contribution in [2.45, 2.75) is 32.6 Å². The van der Waals surface area contributed by atoms with Gasteiger partial charge in [0.25, 0.3) is 0 Å². The summed E-state index contributed by atoms with van der Waals surface area (Å²) in [4.78, 5) is 13.4. The monoisotopic (exact) mass is 368 g/mol. The maximum atomic E-state index is 14.3. The molecule has 3 aromatic rings. The van der Waals surface area contributed by atoms with Gasteiger partial charge >= 0.3 is 0 Å². The topological polar surface area (TPSA) is 50.7 Å². The molecule has 132 valence electrons. The van der Waals surface area contributed by atoms with E-state index in [0.29, 0.717) is 22.3 Å². The van der Waals surface area contributed by atoms with Crippen molar-refractivity contribution in [3.63, 3.8) is 0 Å². The number of aryl methyl sites for hydroxylation is 2. The lowest BCUT2D eigenvalue weighted by atomic mass is 10.1. The molecule has 0 saturated heterocycles. The van der Waals surface area contributed by atoms with Gasteiger partial charge in [-0.05, 0) is 55.5 Å². The summed E-state index contributed by atoms with van der Waals surface area (Å²) in [6.07, 6.45) is 5.40. The molecule has 0 bridgehead atoms. The molecule has 1 aliphatic rings. The molecular formula is C20H18ClFN4. The SMILES string of the molecule is Cc1cnccc1Nc1nc(-c2cc(Cl)ccc2F)nc2c1C(C)CC2. The highest BCUT2D eigenvalue weighted by Crippen LogP contribution is 2.39. The van der Waals surface area contributed by atoms with Crippen LogP contribution in [0.25, 0.3) is 11.4 Å². The molecule has 0 radical (unpaired) electrons. The van der Waals surface area contributed by atoms with E-state index in [1.165, 1.54) is 12.1 Å². The number of rotatable bonds is 3. The third kappa shape index (κ3) is 3.03. The van der Waals surface area contributed by atoms with Gasteiger partial charge < -0.3 is 5.32 Å². The largest absolute Gasteiger partial charge is 0.340 e. The van der Waals surface area contributed by atoms with Crippen molar-refractivity contribution in [1.82, 2.24) is 15.0 Å². The van der Waals surface area contributed by atoms with Crippen LogP contribution in [0.1, 0.15) is 36.1 Å². The standard InChI is InChI=1S/C20H18ClFN4/c1-11-3-6-17-18(11)20(24-16-7-8-23-10-12(16)2)26-19(25-17)14-9-13(21)4-5-15(14)22/h4-5,7-11H,3,6H2,1-2H3,(H,23,24,25,26). The first-order chi connectivity index (χ1) is 12.5. The molecule has 1 aliphatic carbocycles. The van der Waals surface area contributed by atoms with Gasteiger partial charge in [-0.3, -0.25) is 4.98 Å². The highest BCUT2D eigenvalue weighted by molar-refractivity contribution is 6.30. The van der Waals surface area contributed by atoms with Crippen LogP contribution in [0.5, 0.6) is 0 Å². The molecule has 1 unspecified atom stereocenters. The predicted molar refractivity (Wildman–Crippen MR) is 101 cm³/mol. The molecule has 4 rings (SSSR count). The van der Waals surface area contributed by atoms with Crippen molar-refractivity contribution in [1.29, 1.82) is 0 Å². The average Bonchev–Trinajstić information content (AvgIpc) is 3.00. The Kier molecular flexibility index (Phi) is 4.32. The number of anilines is 2. The number of fused-ring (bicyclic) bond motifs is 1. The second kappa shape index (κ2) is 6.65. The molecule has 6 heteroatoms. The molecule has 1 aromatic carbocycles. The molecule has 2 aromatic heterocycles. The Bertz CT molecular complexity index is 990. The van der Waals surface area contributed by atoms with E-state index in [1.54, 1.807) is 18.5 Å². The van der Waals surface area contributed by atoms with E-state index in [-0.39, 0.29) is 5.82 Å².